The third kappa shape index (κ3) is 3.16. The monoisotopic (exact) mass is 330 g/mol. The van der Waals surface area contributed by atoms with Crippen LogP contribution < -0.4 is 4.90 Å². The normalized spacial score (nSPS) is 20.7. The van der Waals surface area contributed by atoms with Crippen LogP contribution in [0.4, 0.5) is 11.4 Å². The summed E-state index contributed by atoms with van der Waals surface area (Å²) in [5.41, 5.74) is 0.796. The highest BCUT2D eigenvalue weighted by Crippen LogP contribution is 2.30. The average Bonchev–Trinajstić information content (AvgIpc) is 3.15. The van der Waals surface area contributed by atoms with Gasteiger partial charge in [-0.3, -0.25) is 14.9 Å². The lowest BCUT2D eigenvalue weighted by Crippen LogP contribution is -2.51. The summed E-state index contributed by atoms with van der Waals surface area (Å²) < 4.78 is 5.43. The molecule has 0 spiro atoms. The number of hydrogen-bond acceptors (Lipinski definition) is 6. The molecule has 2 saturated heterocycles. The third-order valence-corrected chi connectivity index (χ3v) is 4.44. The molecule has 0 radical (unpaired) electrons. The minimum Gasteiger partial charge on any atom is -0.368 e. The molecule has 8 nitrogen and oxygen atoms in total. The lowest BCUT2D eigenvalue weighted by molar-refractivity contribution is -0.384. The molecule has 1 atom stereocenters. The molecule has 0 bridgehead atoms. The number of hydrogen-bond donors (Lipinski definition) is 0. The van der Waals surface area contributed by atoms with Gasteiger partial charge in [-0.05, 0) is 25.0 Å². The third-order valence-electron chi connectivity index (χ3n) is 4.44. The van der Waals surface area contributed by atoms with Gasteiger partial charge in [0.25, 0.3) is 11.6 Å². The number of nitrogens with zero attached hydrogens (tertiary/aromatic N) is 4. The van der Waals surface area contributed by atoms with Crippen molar-refractivity contribution in [3.8, 4) is 6.07 Å². The molecule has 2 aliphatic rings. The Hall–Kier alpha value is -2.66. The van der Waals surface area contributed by atoms with Gasteiger partial charge in [-0.1, -0.05) is 0 Å². The molecule has 1 aromatic carbocycles. The summed E-state index contributed by atoms with van der Waals surface area (Å²) in [6.07, 6.45) is 1.32. The van der Waals surface area contributed by atoms with Gasteiger partial charge in [-0.2, -0.15) is 5.26 Å². The van der Waals surface area contributed by atoms with Gasteiger partial charge in [0.05, 0.1) is 16.6 Å². The first-order valence-electron chi connectivity index (χ1n) is 7.94. The lowest BCUT2D eigenvalue weighted by Gasteiger charge is -2.36. The summed E-state index contributed by atoms with van der Waals surface area (Å²) in [6.45, 7) is 2.60. The Morgan fingerprint density at radius 2 is 2.08 bits per heavy atom. The largest absolute Gasteiger partial charge is 0.368 e. The Balaban J connectivity index is 1.71. The zero-order valence-electron chi connectivity index (χ0n) is 13.2. The van der Waals surface area contributed by atoms with E-state index < -0.39 is 4.92 Å². The predicted molar refractivity (Wildman–Crippen MR) is 85.6 cm³/mol. The fourth-order valence-corrected chi connectivity index (χ4v) is 3.14. The number of nitro benzene ring substituents is 1. The summed E-state index contributed by atoms with van der Waals surface area (Å²) in [5.74, 6) is 0.00688. The fraction of sp³-hybridized carbons (Fsp3) is 0.500. The van der Waals surface area contributed by atoms with Crippen LogP contribution in [0.5, 0.6) is 0 Å². The molecule has 1 aromatic rings. The number of nitro groups is 1. The van der Waals surface area contributed by atoms with Crippen LogP contribution in [0, 0.1) is 21.4 Å². The van der Waals surface area contributed by atoms with E-state index in [-0.39, 0.29) is 17.7 Å². The van der Waals surface area contributed by atoms with Crippen LogP contribution in [-0.2, 0) is 9.53 Å². The van der Waals surface area contributed by atoms with Crippen molar-refractivity contribution in [3.63, 3.8) is 0 Å². The van der Waals surface area contributed by atoms with Gasteiger partial charge in [0.15, 0.2) is 0 Å². The number of amides is 1. The van der Waals surface area contributed by atoms with Gasteiger partial charge in [-0.15, -0.1) is 0 Å². The Morgan fingerprint density at radius 1 is 1.33 bits per heavy atom. The van der Waals surface area contributed by atoms with Crippen molar-refractivity contribution < 1.29 is 14.5 Å². The van der Waals surface area contributed by atoms with E-state index in [0.717, 1.165) is 12.8 Å². The van der Waals surface area contributed by atoms with Crippen molar-refractivity contribution >= 4 is 17.3 Å². The SMILES string of the molecule is N#Cc1ccc([N+](=O)[O-])c(N2CCN(C(=O)C3CCCO3)CC2)c1. The molecular weight excluding hydrogens is 312 g/mol. The van der Waals surface area contributed by atoms with Gasteiger partial charge < -0.3 is 14.5 Å². The molecule has 2 aliphatic heterocycles. The number of carbonyl (C=O) groups excluding carboxylic acids is 1. The maximum atomic E-state index is 12.4. The Morgan fingerprint density at radius 3 is 2.67 bits per heavy atom. The van der Waals surface area contributed by atoms with Crippen molar-refractivity contribution in [1.29, 1.82) is 5.26 Å². The summed E-state index contributed by atoms with van der Waals surface area (Å²) in [6, 6.07) is 6.35. The molecule has 1 amide bonds. The molecule has 8 heteroatoms. The molecule has 0 aromatic heterocycles. The van der Waals surface area contributed by atoms with E-state index in [9.17, 15) is 14.9 Å². The number of rotatable bonds is 3. The molecular formula is C16H18N4O4. The summed E-state index contributed by atoms with van der Waals surface area (Å²) >= 11 is 0. The minimum absolute atomic E-state index is 0.00688. The molecule has 0 saturated carbocycles. The standard InChI is InChI=1S/C16H18N4O4/c17-11-12-3-4-13(20(22)23)14(10-12)18-5-7-19(8-6-18)16(21)15-2-1-9-24-15/h3-4,10,15H,1-2,5-9H2. The highest BCUT2D eigenvalue weighted by Gasteiger charge is 2.31. The maximum Gasteiger partial charge on any atom is 0.292 e. The van der Waals surface area contributed by atoms with E-state index in [1.807, 2.05) is 11.0 Å². The van der Waals surface area contributed by atoms with Crippen LogP contribution >= 0.6 is 0 Å². The Bertz CT molecular complexity index is 686. The first-order valence-corrected chi connectivity index (χ1v) is 7.94. The van der Waals surface area contributed by atoms with E-state index >= 15 is 0 Å². The summed E-state index contributed by atoms with van der Waals surface area (Å²) in [5, 5.41) is 20.2. The van der Waals surface area contributed by atoms with Crippen molar-refractivity contribution in [3.05, 3.63) is 33.9 Å². The number of nitriles is 1. The zero-order chi connectivity index (χ0) is 17.1. The molecule has 1 unspecified atom stereocenters. The van der Waals surface area contributed by atoms with Crippen molar-refractivity contribution in [2.45, 2.75) is 18.9 Å². The fourth-order valence-electron chi connectivity index (χ4n) is 3.14. The van der Waals surface area contributed by atoms with E-state index in [1.165, 1.54) is 18.2 Å². The first-order chi connectivity index (χ1) is 11.6. The second kappa shape index (κ2) is 6.84. The molecule has 24 heavy (non-hydrogen) atoms. The van der Waals surface area contributed by atoms with Crippen molar-refractivity contribution in [2.24, 2.45) is 0 Å². The van der Waals surface area contributed by atoms with Crippen LogP contribution in [0.25, 0.3) is 0 Å². The minimum atomic E-state index is -0.444. The maximum absolute atomic E-state index is 12.4. The second-order valence-electron chi connectivity index (χ2n) is 5.89. The number of ether oxygens (including phenoxy) is 1. The smallest absolute Gasteiger partial charge is 0.292 e. The second-order valence-corrected chi connectivity index (χ2v) is 5.89. The van der Waals surface area contributed by atoms with Crippen LogP contribution in [0.15, 0.2) is 18.2 Å². The highest BCUT2D eigenvalue weighted by molar-refractivity contribution is 5.81. The van der Waals surface area contributed by atoms with Gasteiger partial charge >= 0.3 is 0 Å². The molecule has 126 valence electrons. The average molecular weight is 330 g/mol. The van der Waals surface area contributed by atoms with Crippen LogP contribution in [0.2, 0.25) is 0 Å². The first kappa shape index (κ1) is 16.2. The predicted octanol–water partition coefficient (Wildman–Crippen LogP) is 1.29. The van der Waals surface area contributed by atoms with E-state index in [1.54, 1.807) is 4.90 Å². The van der Waals surface area contributed by atoms with Gasteiger partial charge in [-0.25, -0.2) is 0 Å². The number of anilines is 1. The number of carbonyl (C=O) groups is 1. The van der Waals surface area contributed by atoms with Gasteiger partial charge in [0, 0.05) is 38.9 Å². The molecule has 2 fully saturated rings. The summed E-state index contributed by atoms with van der Waals surface area (Å²) in [7, 11) is 0. The molecule has 0 aliphatic carbocycles. The van der Waals surface area contributed by atoms with Crippen molar-refractivity contribution in [2.75, 3.05) is 37.7 Å². The summed E-state index contributed by atoms with van der Waals surface area (Å²) in [4.78, 5) is 26.7. The molecule has 3 rings (SSSR count). The quantitative estimate of drug-likeness (QED) is 0.611. The number of piperazine rings is 1. The van der Waals surface area contributed by atoms with Gasteiger partial charge in [0.2, 0.25) is 0 Å². The molecule has 2 heterocycles. The van der Waals surface area contributed by atoms with Gasteiger partial charge in [0.1, 0.15) is 11.8 Å². The van der Waals surface area contributed by atoms with E-state index in [4.69, 9.17) is 10.00 Å². The number of benzene rings is 1. The van der Waals surface area contributed by atoms with E-state index in [0.29, 0.717) is 44.0 Å². The Labute approximate surface area is 139 Å². The molecule has 0 N–H and O–H groups in total. The van der Waals surface area contributed by atoms with Crippen LogP contribution in [0.1, 0.15) is 18.4 Å². The zero-order valence-corrected chi connectivity index (χ0v) is 13.2. The highest BCUT2D eigenvalue weighted by atomic mass is 16.6. The van der Waals surface area contributed by atoms with Crippen LogP contribution in [0.3, 0.4) is 0 Å². The Kier molecular flexibility index (Phi) is 4.62. The lowest BCUT2D eigenvalue weighted by atomic mass is 10.1. The van der Waals surface area contributed by atoms with Crippen molar-refractivity contribution in [1.82, 2.24) is 4.90 Å². The topological polar surface area (TPSA) is 99.7 Å². The van der Waals surface area contributed by atoms with Crippen LogP contribution in [-0.4, -0.2) is 54.6 Å². The van der Waals surface area contributed by atoms with E-state index in [2.05, 4.69) is 0 Å².